The Bertz CT molecular complexity index is 1270. The van der Waals surface area contributed by atoms with E-state index >= 15 is 0 Å². The zero-order valence-electron chi connectivity index (χ0n) is 26.4. The molecule has 3 rings (SSSR count). The first-order chi connectivity index (χ1) is 21.1. The molecule has 0 aliphatic heterocycles. The summed E-state index contributed by atoms with van der Waals surface area (Å²) in [5.41, 5.74) is 22.8. The summed E-state index contributed by atoms with van der Waals surface area (Å²) in [5, 5.41) is 32.6. The molecule has 48 heavy (non-hydrogen) atoms. The number of ketones is 2. The normalized spacial score (nSPS) is 12.3. The second kappa shape index (κ2) is 23.9. The molecule has 0 saturated heterocycles. The maximum atomic E-state index is 13.7. The zero-order chi connectivity index (χ0) is 32.2. The summed E-state index contributed by atoms with van der Waals surface area (Å²) in [4.78, 5) is 52.0. The van der Waals surface area contributed by atoms with Crippen molar-refractivity contribution in [1.29, 1.82) is 0 Å². The van der Waals surface area contributed by atoms with E-state index in [0.29, 0.717) is 37.3 Å². The van der Waals surface area contributed by atoms with Crippen molar-refractivity contribution < 1.29 is 29.4 Å². The molecule has 0 heterocycles. The average molecular weight is 936 g/mol. The van der Waals surface area contributed by atoms with Crippen LogP contribution in [0.5, 0.6) is 11.5 Å². The highest BCUT2D eigenvalue weighted by atomic mass is 79.9. The highest BCUT2D eigenvalue weighted by Gasteiger charge is 2.38. The van der Waals surface area contributed by atoms with Crippen LogP contribution in [-0.4, -0.2) is 84.9 Å². The Hall–Kier alpha value is -2.32. The first-order valence-corrected chi connectivity index (χ1v) is 14.9. The molecule has 0 bridgehead atoms. The molecule has 0 fully saturated rings. The first-order valence-electron chi connectivity index (χ1n) is 14.9. The molecule has 0 spiro atoms. The fraction of sp³-hybridized carbons (Fsp3) is 0.467. The van der Waals surface area contributed by atoms with Crippen LogP contribution in [-0.2, 0) is 9.59 Å². The third-order valence-electron chi connectivity index (χ3n) is 7.37. The number of halogens is 4. The standard InChI is InChI=1S/C30H44N8O6.4BrH/c31-11-3-1-5-17(33)29(43)37-15-13-35-19-7-8-20(36-14-16-38-30(44)18(34)6-2-4-12-32)24-23(19)27(41)25-21(39)9-10-22(40)26(25)28(24)42;;;;/h7-10,17-18,35-36,39-40H,1-6,11-16,31-34H2,(H,37,43)(H,38,44);4*1H/t17-,18-;;;;/m0..../s1. The van der Waals surface area contributed by atoms with Crippen molar-refractivity contribution in [3.05, 3.63) is 46.5 Å². The minimum absolute atomic E-state index is 0. The number of phenols is 2. The summed E-state index contributed by atoms with van der Waals surface area (Å²) in [6.07, 6.45) is 4.06. The molecule has 0 radical (unpaired) electrons. The van der Waals surface area contributed by atoms with E-state index in [0.717, 1.165) is 37.8 Å². The molecule has 2 aromatic carbocycles. The average Bonchev–Trinajstić information content (AvgIpc) is 3.01. The Morgan fingerprint density at radius 1 is 0.583 bits per heavy atom. The smallest absolute Gasteiger partial charge is 0.236 e. The van der Waals surface area contributed by atoms with E-state index in [4.69, 9.17) is 22.9 Å². The molecule has 1 aliphatic rings. The summed E-state index contributed by atoms with van der Waals surface area (Å²) < 4.78 is 0. The van der Waals surface area contributed by atoms with Gasteiger partial charge in [-0.2, -0.15) is 0 Å². The van der Waals surface area contributed by atoms with Gasteiger partial charge in [-0.25, -0.2) is 0 Å². The number of anilines is 2. The quantitative estimate of drug-likeness (QED) is 0.0651. The molecule has 272 valence electrons. The van der Waals surface area contributed by atoms with Crippen molar-refractivity contribution >= 4 is 103 Å². The lowest BCUT2D eigenvalue weighted by Gasteiger charge is -2.25. The lowest BCUT2D eigenvalue weighted by atomic mass is 9.81. The van der Waals surface area contributed by atoms with Crippen molar-refractivity contribution in [2.75, 3.05) is 49.9 Å². The number of nitrogens with one attached hydrogen (secondary N) is 4. The van der Waals surface area contributed by atoms with Crippen LogP contribution in [0.4, 0.5) is 11.4 Å². The van der Waals surface area contributed by atoms with Crippen LogP contribution in [0.15, 0.2) is 24.3 Å². The predicted molar refractivity (Wildman–Crippen MR) is 209 cm³/mol. The molecule has 2 amide bonds. The monoisotopic (exact) mass is 932 g/mol. The third-order valence-corrected chi connectivity index (χ3v) is 7.37. The third kappa shape index (κ3) is 12.5. The van der Waals surface area contributed by atoms with E-state index in [9.17, 15) is 29.4 Å². The lowest BCUT2D eigenvalue weighted by molar-refractivity contribution is -0.123. The molecule has 0 saturated carbocycles. The van der Waals surface area contributed by atoms with Crippen molar-refractivity contribution in [1.82, 2.24) is 10.6 Å². The fourth-order valence-electron chi connectivity index (χ4n) is 4.97. The topological polar surface area (TPSA) is 261 Å². The van der Waals surface area contributed by atoms with Gasteiger partial charge in [0.25, 0.3) is 0 Å². The molecule has 14 nitrogen and oxygen atoms in total. The Kier molecular flexibility index (Phi) is 23.8. The number of amides is 2. The summed E-state index contributed by atoms with van der Waals surface area (Å²) >= 11 is 0. The zero-order valence-corrected chi connectivity index (χ0v) is 33.3. The van der Waals surface area contributed by atoms with E-state index in [1.807, 2.05) is 0 Å². The number of carbonyl (C=O) groups excluding carboxylic acids is 4. The molecular formula is C30H48Br4N8O6. The highest BCUT2D eigenvalue weighted by molar-refractivity contribution is 8.93. The van der Waals surface area contributed by atoms with Crippen LogP contribution in [0.1, 0.15) is 70.4 Å². The molecule has 0 aromatic heterocycles. The lowest BCUT2D eigenvalue weighted by Crippen LogP contribution is -2.42. The molecule has 14 N–H and O–H groups in total. The molecular weight excluding hydrogens is 888 g/mol. The largest absolute Gasteiger partial charge is 0.507 e. The van der Waals surface area contributed by atoms with E-state index in [-0.39, 0.29) is 128 Å². The summed E-state index contributed by atoms with van der Waals surface area (Å²) in [7, 11) is 0. The van der Waals surface area contributed by atoms with Crippen molar-refractivity contribution in [3.8, 4) is 11.5 Å². The molecule has 18 heteroatoms. The van der Waals surface area contributed by atoms with E-state index in [1.54, 1.807) is 12.1 Å². The Labute approximate surface area is 322 Å². The van der Waals surface area contributed by atoms with Crippen molar-refractivity contribution in [2.45, 2.75) is 50.6 Å². The predicted octanol–water partition coefficient (Wildman–Crippen LogP) is 2.15. The van der Waals surface area contributed by atoms with Crippen LogP contribution < -0.4 is 44.2 Å². The number of hydrogen-bond acceptors (Lipinski definition) is 12. The molecule has 2 aromatic rings. The van der Waals surface area contributed by atoms with Gasteiger partial charge in [-0.1, -0.05) is 12.8 Å². The number of nitrogens with two attached hydrogens (primary N) is 4. The minimum atomic E-state index is -0.664. The van der Waals surface area contributed by atoms with Gasteiger partial charge < -0.3 is 54.4 Å². The van der Waals surface area contributed by atoms with Gasteiger partial charge in [0, 0.05) is 37.6 Å². The second-order valence-electron chi connectivity index (χ2n) is 10.6. The second-order valence-corrected chi connectivity index (χ2v) is 10.6. The number of unbranched alkanes of at least 4 members (excludes halogenated alkanes) is 2. The van der Waals surface area contributed by atoms with Crippen LogP contribution in [0.3, 0.4) is 0 Å². The van der Waals surface area contributed by atoms with Crippen molar-refractivity contribution in [3.63, 3.8) is 0 Å². The van der Waals surface area contributed by atoms with Crippen molar-refractivity contribution in [2.24, 2.45) is 22.9 Å². The van der Waals surface area contributed by atoms with Crippen LogP contribution in [0.25, 0.3) is 0 Å². The maximum absolute atomic E-state index is 13.7. The van der Waals surface area contributed by atoms with Crippen LogP contribution >= 0.6 is 67.9 Å². The van der Waals surface area contributed by atoms with Gasteiger partial charge in [-0.15, -0.1) is 67.9 Å². The maximum Gasteiger partial charge on any atom is 0.236 e. The van der Waals surface area contributed by atoms with Gasteiger partial charge in [-0.3, -0.25) is 19.2 Å². The minimum Gasteiger partial charge on any atom is -0.507 e. The molecule has 1 aliphatic carbocycles. The van der Waals surface area contributed by atoms with Gasteiger partial charge in [0.05, 0.1) is 34.3 Å². The molecule has 0 unspecified atom stereocenters. The Morgan fingerprint density at radius 2 is 0.938 bits per heavy atom. The fourth-order valence-corrected chi connectivity index (χ4v) is 4.97. The number of phenolic OH excluding ortho intramolecular Hbond substituents is 2. The van der Waals surface area contributed by atoms with Crippen LogP contribution in [0, 0.1) is 0 Å². The number of benzene rings is 2. The van der Waals surface area contributed by atoms with E-state index in [2.05, 4.69) is 21.3 Å². The van der Waals surface area contributed by atoms with Gasteiger partial charge in [0.1, 0.15) is 11.5 Å². The van der Waals surface area contributed by atoms with Gasteiger partial charge in [0.2, 0.25) is 23.4 Å². The number of aromatic hydroxyl groups is 2. The first kappa shape index (κ1) is 47.8. The van der Waals surface area contributed by atoms with Gasteiger partial charge in [-0.05, 0) is 63.0 Å². The van der Waals surface area contributed by atoms with Gasteiger partial charge in [0.15, 0.2) is 0 Å². The SMILES string of the molecule is Br.Br.Br.Br.NCCCC[C@H](N)C(=O)NCCNc1ccc(NCCNC(=O)[C@@H](N)CCCCN)c2c1C(=O)c1c(O)ccc(O)c1C2=O. The number of hydrogen-bond donors (Lipinski definition) is 10. The summed E-state index contributed by atoms with van der Waals surface area (Å²) in [6, 6.07) is 4.17. The Balaban J connectivity index is 0. The van der Waals surface area contributed by atoms with Gasteiger partial charge >= 0.3 is 0 Å². The number of fused-ring (bicyclic) bond motifs is 2. The number of rotatable bonds is 18. The highest BCUT2D eigenvalue weighted by Crippen LogP contribution is 2.42. The Morgan fingerprint density at radius 3 is 1.27 bits per heavy atom. The summed E-state index contributed by atoms with van der Waals surface area (Å²) in [6.45, 7) is 1.85. The van der Waals surface area contributed by atoms with E-state index in [1.165, 1.54) is 0 Å². The number of carbonyl (C=O) groups is 4. The summed E-state index contributed by atoms with van der Waals surface area (Å²) in [5.74, 6) is -2.81. The van der Waals surface area contributed by atoms with Crippen LogP contribution in [0.2, 0.25) is 0 Å². The van der Waals surface area contributed by atoms with E-state index < -0.39 is 35.1 Å². The molecule has 2 atom stereocenters.